The standard InChI is InChI=1S/C19H22N6O3/c1-10(2)15-9-28-19(27)25(15)16-6-7-20-17(24-16)21-11(3)12-4-5-13-14(8-12)23-18(26)22-13/h4-8,10-11,15H,9H2,1-3H3,(H,20,21,24)(H2,22,23,26)/t11-,15?/m0/s1. The van der Waals surface area contributed by atoms with Gasteiger partial charge in [-0.15, -0.1) is 0 Å². The summed E-state index contributed by atoms with van der Waals surface area (Å²) in [6, 6.07) is 7.23. The molecule has 1 aliphatic heterocycles. The van der Waals surface area contributed by atoms with Crippen molar-refractivity contribution >= 4 is 28.9 Å². The highest BCUT2D eigenvalue weighted by Gasteiger charge is 2.37. The van der Waals surface area contributed by atoms with E-state index in [0.29, 0.717) is 18.4 Å². The van der Waals surface area contributed by atoms with E-state index >= 15 is 0 Å². The Morgan fingerprint density at radius 3 is 2.75 bits per heavy atom. The van der Waals surface area contributed by atoms with Crippen molar-refractivity contribution in [3.8, 4) is 0 Å². The smallest absolute Gasteiger partial charge is 0.415 e. The lowest BCUT2D eigenvalue weighted by Crippen LogP contribution is -2.37. The Kier molecular flexibility index (Phi) is 4.50. The maximum Gasteiger partial charge on any atom is 0.415 e. The van der Waals surface area contributed by atoms with E-state index in [1.165, 1.54) is 0 Å². The number of aromatic amines is 2. The predicted molar refractivity (Wildman–Crippen MR) is 105 cm³/mol. The number of hydrogen-bond donors (Lipinski definition) is 3. The fraction of sp³-hybridized carbons (Fsp3) is 0.368. The number of nitrogens with zero attached hydrogens (tertiary/aromatic N) is 3. The summed E-state index contributed by atoms with van der Waals surface area (Å²) in [6.07, 6.45) is 1.23. The van der Waals surface area contributed by atoms with Crippen LogP contribution in [0.15, 0.2) is 35.3 Å². The number of carbonyl (C=O) groups is 1. The van der Waals surface area contributed by atoms with Gasteiger partial charge in [0.15, 0.2) is 0 Å². The van der Waals surface area contributed by atoms with Crippen LogP contribution in [0.3, 0.4) is 0 Å². The summed E-state index contributed by atoms with van der Waals surface area (Å²) >= 11 is 0. The number of rotatable bonds is 5. The Morgan fingerprint density at radius 1 is 1.18 bits per heavy atom. The zero-order valence-corrected chi connectivity index (χ0v) is 15.9. The lowest BCUT2D eigenvalue weighted by atomic mass is 10.0. The van der Waals surface area contributed by atoms with Crippen molar-refractivity contribution in [1.82, 2.24) is 19.9 Å². The van der Waals surface area contributed by atoms with Crippen LogP contribution in [-0.2, 0) is 4.74 Å². The molecule has 2 aromatic heterocycles. The number of amides is 1. The molecule has 1 amide bonds. The van der Waals surface area contributed by atoms with Gasteiger partial charge in [0.05, 0.1) is 23.1 Å². The first-order valence-electron chi connectivity index (χ1n) is 9.20. The van der Waals surface area contributed by atoms with Gasteiger partial charge in [0.25, 0.3) is 0 Å². The molecule has 0 radical (unpaired) electrons. The normalized spacial score (nSPS) is 17.9. The third-order valence-corrected chi connectivity index (χ3v) is 4.95. The topological polar surface area (TPSA) is 116 Å². The second kappa shape index (κ2) is 6.99. The van der Waals surface area contributed by atoms with Gasteiger partial charge < -0.3 is 20.0 Å². The molecule has 3 aromatic rings. The number of H-pyrrole nitrogens is 2. The van der Waals surface area contributed by atoms with E-state index in [1.54, 1.807) is 17.2 Å². The number of fused-ring (bicyclic) bond motifs is 1. The maximum absolute atomic E-state index is 12.2. The zero-order chi connectivity index (χ0) is 19.8. The van der Waals surface area contributed by atoms with Crippen LogP contribution in [0.1, 0.15) is 32.4 Å². The molecule has 0 spiro atoms. The minimum atomic E-state index is -0.390. The molecule has 1 fully saturated rings. The maximum atomic E-state index is 12.2. The van der Waals surface area contributed by atoms with E-state index in [4.69, 9.17) is 4.74 Å². The number of anilines is 2. The quantitative estimate of drug-likeness (QED) is 0.625. The molecular formula is C19H22N6O3. The first kappa shape index (κ1) is 18.0. The molecule has 0 saturated carbocycles. The summed E-state index contributed by atoms with van der Waals surface area (Å²) in [5, 5.41) is 3.25. The number of cyclic esters (lactones) is 1. The van der Waals surface area contributed by atoms with Crippen LogP contribution in [-0.4, -0.2) is 38.7 Å². The third-order valence-electron chi connectivity index (χ3n) is 4.95. The Hall–Kier alpha value is -3.36. The second-order valence-electron chi connectivity index (χ2n) is 7.25. The van der Waals surface area contributed by atoms with E-state index in [-0.39, 0.29) is 23.7 Å². The van der Waals surface area contributed by atoms with Gasteiger partial charge in [-0.3, -0.25) is 4.90 Å². The fourth-order valence-corrected chi connectivity index (χ4v) is 3.34. The number of ether oxygens (including phenoxy) is 1. The Labute approximate surface area is 161 Å². The molecule has 3 N–H and O–H groups in total. The first-order chi connectivity index (χ1) is 13.4. The molecule has 1 saturated heterocycles. The average Bonchev–Trinajstić information content (AvgIpc) is 3.22. The molecule has 0 bridgehead atoms. The summed E-state index contributed by atoms with van der Waals surface area (Å²) in [7, 11) is 0. The summed E-state index contributed by atoms with van der Waals surface area (Å²) in [5.41, 5.74) is 2.23. The molecule has 0 aliphatic carbocycles. The monoisotopic (exact) mass is 382 g/mol. The number of imidazole rings is 1. The number of nitrogens with one attached hydrogen (secondary N) is 3. The van der Waals surface area contributed by atoms with Crippen molar-refractivity contribution < 1.29 is 9.53 Å². The molecule has 9 nitrogen and oxygen atoms in total. The van der Waals surface area contributed by atoms with Gasteiger partial charge in [0.1, 0.15) is 12.4 Å². The largest absolute Gasteiger partial charge is 0.447 e. The highest BCUT2D eigenvalue weighted by Crippen LogP contribution is 2.27. The van der Waals surface area contributed by atoms with Crippen LogP contribution >= 0.6 is 0 Å². The highest BCUT2D eigenvalue weighted by atomic mass is 16.6. The average molecular weight is 382 g/mol. The molecule has 3 heterocycles. The van der Waals surface area contributed by atoms with Gasteiger partial charge in [-0.25, -0.2) is 14.6 Å². The first-order valence-corrected chi connectivity index (χ1v) is 9.20. The molecular weight excluding hydrogens is 360 g/mol. The van der Waals surface area contributed by atoms with Gasteiger partial charge in [-0.05, 0) is 36.6 Å². The van der Waals surface area contributed by atoms with Crippen LogP contribution in [0.5, 0.6) is 0 Å². The highest BCUT2D eigenvalue weighted by molar-refractivity contribution is 5.89. The summed E-state index contributed by atoms with van der Waals surface area (Å²) < 4.78 is 5.20. The van der Waals surface area contributed by atoms with E-state index in [9.17, 15) is 9.59 Å². The summed E-state index contributed by atoms with van der Waals surface area (Å²) in [5.74, 6) is 1.16. The molecule has 146 valence electrons. The van der Waals surface area contributed by atoms with Crippen molar-refractivity contribution in [2.24, 2.45) is 5.92 Å². The summed E-state index contributed by atoms with van der Waals surface area (Å²) in [4.78, 5) is 39.4. The van der Waals surface area contributed by atoms with E-state index in [2.05, 4.69) is 25.3 Å². The SMILES string of the molecule is CC(C)C1COC(=O)N1c1ccnc(N[C@@H](C)c2ccc3[nH]c(=O)[nH]c3c2)n1. The van der Waals surface area contributed by atoms with Crippen molar-refractivity contribution in [3.05, 3.63) is 46.5 Å². The summed E-state index contributed by atoms with van der Waals surface area (Å²) in [6.45, 7) is 6.42. The molecule has 4 rings (SSSR count). The van der Waals surface area contributed by atoms with Crippen molar-refractivity contribution in [1.29, 1.82) is 0 Å². The minimum absolute atomic E-state index is 0.0551. The molecule has 9 heteroatoms. The van der Waals surface area contributed by atoms with Crippen molar-refractivity contribution in [2.45, 2.75) is 32.9 Å². The van der Waals surface area contributed by atoms with E-state index < -0.39 is 6.09 Å². The second-order valence-corrected chi connectivity index (χ2v) is 7.25. The lowest BCUT2D eigenvalue weighted by molar-refractivity contribution is 0.177. The molecule has 28 heavy (non-hydrogen) atoms. The molecule has 1 aromatic carbocycles. The number of benzene rings is 1. The van der Waals surface area contributed by atoms with Gasteiger partial charge in [-0.2, -0.15) is 4.98 Å². The van der Waals surface area contributed by atoms with Crippen LogP contribution in [0.25, 0.3) is 11.0 Å². The van der Waals surface area contributed by atoms with Gasteiger partial charge in [0, 0.05) is 6.20 Å². The minimum Gasteiger partial charge on any atom is -0.447 e. The van der Waals surface area contributed by atoms with Gasteiger partial charge in [0.2, 0.25) is 5.95 Å². The van der Waals surface area contributed by atoms with Gasteiger partial charge >= 0.3 is 11.8 Å². The Bertz CT molecular complexity index is 1070. The Morgan fingerprint density at radius 2 is 1.96 bits per heavy atom. The van der Waals surface area contributed by atoms with Crippen LogP contribution in [0, 0.1) is 5.92 Å². The zero-order valence-electron chi connectivity index (χ0n) is 15.9. The molecule has 2 atom stereocenters. The number of carbonyl (C=O) groups excluding carboxylic acids is 1. The predicted octanol–water partition coefficient (Wildman–Crippen LogP) is 2.80. The molecule has 1 unspecified atom stereocenters. The van der Waals surface area contributed by atoms with Crippen LogP contribution in [0.2, 0.25) is 0 Å². The van der Waals surface area contributed by atoms with Crippen molar-refractivity contribution in [3.63, 3.8) is 0 Å². The number of aromatic nitrogens is 4. The molecule has 1 aliphatic rings. The number of hydrogen-bond acceptors (Lipinski definition) is 6. The third kappa shape index (κ3) is 3.30. The fourth-order valence-electron chi connectivity index (χ4n) is 3.34. The van der Waals surface area contributed by atoms with Crippen LogP contribution < -0.4 is 15.9 Å². The van der Waals surface area contributed by atoms with Gasteiger partial charge in [-0.1, -0.05) is 19.9 Å². The van der Waals surface area contributed by atoms with Crippen LogP contribution in [0.4, 0.5) is 16.6 Å². The van der Waals surface area contributed by atoms with E-state index in [0.717, 1.165) is 16.6 Å². The Balaban J connectivity index is 1.57. The van der Waals surface area contributed by atoms with Crippen molar-refractivity contribution in [2.75, 3.05) is 16.8 Å². The van der Waals surface area contributed by atoms with E-state index in [1.807, 2.05) is 39.0 Å². The lowest BCUT2D eigenvalue weighted by Gasteiger charge is -2.23.